The molecule has 4 rings (SSSR count). The number of carbonyl (C=O) groups is 1. The number of fused-ring (bicyclic) bond motifs is 1. The van der Waals surface area contributed by atoms with Gasteiger partial charge in [0, 0.05) is 28.4 Å². The van der Waals surface area contributed by atoms with Crippen molar-refractivity contribution in [3.05, 3.63) is 94.6 Å². The van der Waals surface area contributed by atoms with E-state index < -0.39 is 5.97 Å². The zero-order valence-electron chi connectivity index (χ0n) is 17.0. The van der Waals surface area contributed by atoms with Gasteiger partial charge in [0.1, 0.15) is 11.5 Å². The van der Waals surface area contributed by atoms with Crippen molar-refractivity contribution < 1.29 is 14.3 Å². The van der Waals surface area contributed by atoms with Gasteiger partial charge >= 0.3 is 5.97 Å². The van der Waals surface area contributed by atoms with Gasteiger partial charge in [0.25, 0.3) is 0 Å². The smallest absolute Gasteiger partial charge is 0.345 e. The molecule has 0 radical (unpaired) electrons. The molecule has 1 aromatic heterocycles. The van der Waals surface area contributed by atoms with Crippen molar-refractivity contribution in [2.75, 3.05) is 7.11 Å². The average molecular weight is 431 g/mol. The fourth-order valence-electron chi connectivity index (χ4n) is 3.12. The van der Waals surface area contributed by atoms with Gasteiger partial charge in [0.05, 0.1) is 23.9 Å². The number of para-hydroxylation sites is 1. The van der Waals surface area contributed by atoms with Crippen LogP contribution < -0.4 is 9.47 Å². The summed E-state index contributed by atoms with van der Waals surface area (Å²) in [6, 6.07) is 21.5. The molecule has 5 nitrogen and oxygen atoms in total. The molecule has 0 saturated heterocycles. The van der Waals surface area contributed by atoms with Crippen molar-refractivity contribution >= 4 is 40.4 Å². The zero-order valence-corrected chi connectivity index (χ0v) is 17.8. The number of hydrogen-bond acceptors (Lipinski definition) is 5. The van der Waals surface area contributed by atoms with Crippen LogP contribution in [0.15, 0.2) is 77.8 Å². The number of aliphatic imine (C=N–C) groups is 1. The van der Waals surface area contributed by atoms with E-state index in [4.69, 9.17) is 21.1 Å². The van der Waals surface area contributed by atoms with E-state index in [0.29, 0.717) is 33.2 Å². The molecule has 0 aliphatic carbocycles. The molecule has 31 heavy (non-hydrogen) atoms. The summed E-state index contributed by atoms with van der Waals surface area (Å²) in [7, 11) is 1.59. The molecule has 0 saturated carbocycles. The largest absolute Gasteiger partial charge is 0.497 e. The summed E-state index contributed by atoms with van der Waals surface area (Å²) in [5, 5.41) is 1.35. The minimum atomic E-state index is -0.501. The zero-order chi connectivity index (χ0) is 21.8. The summed E-state index contributed by atoms with van der Waals surface area (Å²) in [6.07, 6.45) is 1.68. The van der Waals surface area contributed by atoms with E-state index in [9.17, 15) is 4.79 Å². The fraction of sp³-hybridized carbons (Fsp3) is 0.0800. The normalized spacial score (nSPS) is 11.1. The van der Waals surface area contributed by atoms with Crippen molar-refractivity contribution in [3.8, 4) is 11.5 Å². The molecular weight excluding hydrogens is 412 g/mol. The van der Waals surface area contributed by atoms with Crippen molar-refractivity contribution in [1.29, 1.82) is 0 Å². The summed E-state index contributed by atoms with van der Waals surface area (Å²) >= 11 is 5.93. The number of methoxy groups -OCH3 is 1. The SMILES string of the molecule is COc1ccc2nc(C)cc(OC(=O)c3ccccc3N=Cc3ccc(Cl)cc3)c2c1. The molecule has 6 heteroatoms. The molecular formula is C25H19ClN2O3. The Bertz CT molecular complexity index is 1280. The lowest BCUT2D eigenvalue weighted by Gasteiger charge is -2.11. The molecule has 0 spiro atoms. The van der Waals surface area contributed by atoms with Crippen molar-refractivity contribution in [2.24, 2.45) is 4.99 Å². The highest BCUT2D eigenvalue weighted by Crippen LogP contribution is 2.30. The van der Waals surface area contributed by atoms with Crippen LogP contribution >= 0.6 is 11.6 Å². The van der Waals surface area contributed by atoms with Crippen LogP contribution in [0.4, 0.5) is 5.69 Å². The fourth-order valence-corrected chi connectivity index (χ4v) is 3.24. The van der Waals surface area contributed by atoms with Crippen LogP contribution in [-0.4, -0.2) is 24.3 Å². The van der Waals surface area contributed by atoms with Crippen LogP contribution in [0.5, 0.6) is 11.5 Å². The van der Waals surface area contributed by atoms with Gasteiger partial charge in [0.15, 0.2) is 0 Å². The number of nitrogens with zero attached hydrogens (tertiary/aromatic N) is 2. The van der Waals surface area contributed by atoms with E-state index in [1.807, 2.05) is 37.3 Å². The average Bonchev–Trinajstić information content (AvgIpc) is 2.78. The molecule has 0 atom stereocenters. The van der Waals surface area contributed by atoms with Gasteiger partial charge in [0.2, 0.25) is 0 Å². The van der Waals surface area contributed by atoms with Crippen LogP contribution in [0.2, 0.25) is 5.02 Å². The third kappa shape index (κ3) is 4.73. The molecule has 0 bridgehead atoms. The second kappa shape index (κ2) is 8.98. The minimum absolute atomic E-state index is 0.359. The Labute approximate surface area is 184 Å². The highest BCUT2D eigenvalue weighted by Gasteiger charge is 2.16. The molecule has 0 unspecified atom stereocenters. The molecule has 0 aliphatic rings. The van der Waals surface area contributed by atoms with Crippen molar-refractivity contribution in [1.82, 2.24) is 4.98 Å². The quantitative estimate of drug-likeness (QED) is 0.280. The first kappa shape index (κ1) is 20.6. The lowest BCUT2D eigenvalue weighted by molar-refractivity contribution is 0.0738. The molecule has 1 heterocycles. The molecule has 0 aliphatic heterocycles. The van der Waals surface area contributed by atoms with Gasteiger partial charge in [-0.1, -0.05) is 35.9 Å². The highest BCUT2D eigenvalue weighted by atomic mass is 35.5. The lowest BCUT2D eigenvalue weighted by Crippen LogP contribution is -2.09. The number of halogens is 1. The first-order chi connectivity index (χ1) is 15.0. The maximum Gasteiger partial charge on any atom is 0.345 e. The second-order valence-corrected chi connectivity index (χ2v) is 7.30. The predicted molar refractivity (Wildman–Crippen MR) is 123 cm³/mol. The monoisotopic (exact) mass is 430 g/mol. The minimum Gasteiger partial charge on any atom is -0.497 e. The van der Waals surface area contributed by atoms with Crippen LogP contribution in [-0.2, 0) is 0 Å². The summed E-state index contributed by atoms with van der Waals surface area (Å²) in [4.78, 5) is 22.0. The molecule has 154 valence electrons. The standard InChI is InChI=1S/C25H19ClN2O3/c1-16-13-24(21-14-19(30-2)11-12-23(21)28-16)31-25(29)20-5-3-4-6-22(20)27-15-17-7-9-18(26)10-8-17/h3-15H,1-2H3. The first-order valence-electron chi connectivity index (χ1n) is 9.60. The molecule has 0 amide bonds. The third-order valence-electron chi connectivity index (χ3n) is 4.66. The van der Waals surface area contributed by atoms with Gasteiger partial charge in [-0.2, -0.15) is 0 Å². The van der Waals surface area contributed by atoms with E-state index in [0.717, 1.165) is 16.8 Å². The number of ether oxygens (including phenoxy) is 2. The predicted octanol–water partition coefficient (Wildman–Crippen LogP) is 6.18. The van der Waals surface area contributed by atoms with Gasteiger partial charge in [-0.25, -0.2) is 4.79 Å². The topological polar surface area (TPSA) is 60.8 Å². The third-order valence-corrected chi connectivity index (χ3v) is 4.91. The summed E-state index contributed by atoms with van der Waals surface area (Å²) in [5.41, 5.74) is 3.20. The van der Waals surface area contributed by atoms with E-state index >= 15 is 0 Å². The van der Waals surface area contributed by atoms with E-state index in [1.165, 1.54) is 0 Å². The molecule has 3 aromatic carbocycles. The summed E-state index contributed by atoms with van der Waals surface area (Å²) in [6.45, 7) is 1.85. The number of esters is 1. The molecule has 0 N–H and O–H groups in total. The Hall–Kier alpha value is -3.70. The number of carbonyl (C=O) groups excluding carboxylic acids is 1. The van der Waals surface area contributed by atoms with Gasteiger partial charge < -0.3 is 9.47 Å². The van der Waals surface area contributed by atoms with Crippen LogP contribution in [0.1, 0.15) is 21.6 Å². The number of aromatic nitrogens is 1. The maximum absolute atomic E-state index is 13.0. The van der Waals surface area contributed by atoms with E-state index in [2.05, 4.69) is 9.98 Å². The van der Waals surface area contributed by atoms with Crippen molar-refractivity contribution in [3.63, 3.8) is 0 Å². The Morgan fingerprint density at radius 1 is 1.03 bits per heavy atom. The summed E-state index contributed by atoms with van der Waals surface area (Å²) < 4.78 is 11.1. The first-order valence-corrected chi connectivity index (χ1v) is 9.97. The van der Waals surface area contributed by atoms with Gasteiger partial charge in [-0.15, -0.1) is 0 Å². The number of rotatable bonds is 5. The highest BCUT2D eigenvalue weighted by molar-refractivity contribution is 6.30. The molecule has 0 fully saturated rings. The van der Waals surface area contributed by atoms with Gasteiger partial charge in [-0.3, -0.25) is 9.98 Å². The number of hydrogen-bond donors (Lipinski definition) is 0. The number of benzene rings is 3. The number of aryl methyl sites for hydroxylation is 1. The van der Waals surface area contributed by atoms with Crippen molar-refractivity contribution in [2.45, 2.75) is 6.92 Å². The van der Waals surface area contributed by atoms with Crippen LogP contribution in [0.3, 0.4) is 0 Å². The molecule has 4 aromatic rings. The summed E-state index contributed by atoms with van der Waals surface area (Å²) in [5.74, 6) is 0.574. The second-order valence-electron chi connectivity index (χ2n) is 6.86. The lowest BCUT2D eigenvalue weighted by atomic mass is 10.1. The Balaban J connectivity index is 1.66. The van der Waals surface area contributed by atoms with E-state index in [1.54, 1.807) is 55.8 Å². The Morgan fingerprint density at radius 3 is 2.58 bits per heavy atom. The van der Waals surface area contributed by atoms with E-state index in [-0.39, 0.29) is 0 Å². The van der Waals surface area contributed by atoms with Crippen LogP contribution in [0.25, 0.3) is 10.9 Å². The van der Waals surface area contributed by atoms with Gasteiger partial charge in [-0.05, 0) is 55.0 Å². The Kier molecular flexibility index (Phi) is 5.96. The maximum atomic E-state index is 13.0. The van der Waals surface area contributed by atoms with Crippen LogP contribution in [0, 0.1) is 6.92 Å². The Morgan fingerprint density at radius 2 is 1.81 bits per heavy atom. The number of pyridine rings is 1.